The maximum absolute atomic E-state index is 13.1. The van der Waals surface area contributed by atoms with Gasteiger partial charge in [-0.15, -0.1) is 0 Å². The lowest BCUT2D eigenvalue weighted by Crippen LogP contribution is -2.42. The minimum Gasteiger partial charge on any atom is -0.207 e. The number of rotatable bonds is 2. The number of allylic oxidation sites excluding steroid dienone is 1. The summed E-state index contributed by atoms with van der Waals surface area (Å²) in [6, 6.07) is 7.23. The highest BCUT2D eigenvalue weighted by molar-refractivity contribution is 7.89. The number of sulfonamides is 1. The van der Waals surface area contributed by atoms with E-state index in [1.54, 1.807) is 22.0 Å². The molecule has 5 aliphatic rings. The lowest BCUT2D eigenvalue weighted by Gasteiger charge is -2.52. The van der Waals surface area contributed by atoms with Gasteiger partial charge in [0.2, 0.25) is 10.0 Å². The van der Waals surface area contributed by atoms with Crippen LogP contribution in [0.15, 0.2) is 52.5 Å². The van der Waals surface area contributed by atoms with Gasteiger partial charge in [0.25, 0.3) is 0 Å². The summed E-state index contributed by atoms with van der Waals surface area (Å²) in [6.45, 7) is 3.01. The van der Waals surface area contributed by atoms with Crippen molar-refractivity contribution in [2.24, 2.45) is 23.7 Å². The summed E-state index contributed by atoms with van der Waals surface area (Å²) < 4.78 is 27.9. The predicted molar refractivity (Wildman–Crippen MR) is 103 cm³/mol. The van der Waals surface area contributed by atoms with E-state index in [1.807, 2.05) is 25.1 Å². The quantitative estimate of drug-likeness (QED) is 0.779. The predicted octanol–water partition coefficient (Wildman–Crippen LogP) is 4.31. The van der Waals surface area contributed by atoms with Crippen LogP contribution in [0.3, 0.4) is 0 Å². The second kappa shape index (κ2) is 6.07. The zero-order valence-electron chi connectivity index (χ0n) is 15.4. The average Bonchev–Trinajstić information content (AvgIpc) is 2.61. The van der Waals surface area contributed by atoms with Crippen LogP contribution >= 0.6 is 0 Å². The van der Waals surface area contributed by atoms with Crippen LogP contribution in [0.5, 0.6) is 0 Å². The molecule has 1 aromatic rings. The molecule has 26 heavy (non-hydrogen) atoms. The molecule has 0 aromatic heterocycles. The van der Waals surface area contributed by atoms with Gasteiger partial charge in [0.05, 0.1) is 4.90 Å². The summed E-state index contributed by atoms with van der Waals surface area (Å²) in [6.07, 6.45) is 11.1. The molecule has 0 unspecified atom stereocenters. The van der Waals surface area contributed by atoms with Gasteiger partial charge >= 0.3 is 0 Å². The number of nitrogens with zero attached hydrogens (tertiary/aromatic N) is 1. The standard InChI is InChI=1S/C22H27NO2S/c1-15-4-6-21(7-5-15)26(24,25)23-8-2-3-18(14-23)22-19-10-16-9-17(12-19)13-20(22)11-16/h2-7,16-17,19-20H,8-14H2,1H3. The number of hydrogen-bond donors (Lipinski definition) is 0. The Bertz CT molecular complexity index is 849. The second-order valence-electron chi connectivity index (χ2n) is 8.80. The summed E-state index contributed by atoms with van der Waals surface area (Å²) in [5, 5.41) is 0. The topological polar surface area (TPSA) is 37.4 Å². The third-order valence-electron chi connectivity index (χ3n) is 7.02. The van der Waals surface area contributed by atoms with Crippen molar-refractivity contribution in [2.45, 2.75) is 43.9 Å². The van der Waals surface area contributed by atoms with Crippen LogP contribution in [0.1, 0.15) is 37.7 Å². The molecule has 0 amide bonds. The molecule has 1 aromatic carbocycles. The average molecular weight is 370 g/mol. The molecule has 6 rings (SSSR count). The van der Waals surface area contributed by atoms with Crippen molar-refractivity contribution in [2.75, 3.05) is 13.1 Å². The minimum atomic E-state index is -3.43. The van der Waals surface area contributed by atoms with Gasteiger partial charge in [-0.1, -0.05) is 35.4 Å². The summed E-state index contributed by atoms with van der Waals surface area (Å²) in [7, 11) is -3.43. The third-order valence-corrected chi connectivity index (χ3v) is 8.85. The Morgan fingerprint density at radius 2 is 1.54 bits per heavy atom. The van der Waals surface area contributed by atoms with E-state index in [1.165, 1.54) is 37.7 Å². The molecular weight excluding hydrogens is 342 g/mol. The van der Waals surface area contributed by atoms with E-state index in [0.717, 1.165) is 17.4 Å². The van der Waals surface area contributed by atoms with Gasteiger partial charge in [-0.2, -0.15) is 4.31 Å². The van der Waals surface area contributed by atoms with Crippen molar-refractivity contribution >= 4 is 10.0 Å². The van der Waals surface area contributed by atoms with Gasteiger partial charge in [0.1, 0.15) is 0 Å². The molecular formula is C22H27NO2S. The van der Waals surface area contributed by atoms with Crippen LogP contribution in [-0.2, 0) is 10.0 Å². The zero-order valence-corrected chi connectivity index (χ0v) is 16.2. The first-order valence-corrected chi connectivity index (χ1v) is 11.4. The SMILES string of the molecule is Cc1ccc(S(=O)(=O)N2CC=CC(=C3C4CC5CC(C4)CC3C5)C2)cc1. The van der Waals surface area contributed by atoms with Gasteiger partial charge in [-0.25, -0.2) is 8.42 Å². The lowest BCUT2D eigenvalue weighted by molar-refractivity contribution is 0.0682. The van der Waals surface area contributed by atoms with E-state index in [-0.39, 0.29) is 0 Å². The van der Waals surface area contributed by atoms with Crippen molar-refractivity contribution < 1.29 is 8.42 Å². The Hall–Kier alpha value is -1.39. The number of aryl methyl sites for hydroxylation is 1. The summed E-state index contributed by atoms with van der Waals surface area (Å²) >= 11 is 0. The van der Waals surface area contributed by atoms with E-state index >= 15 is 0 Å². The van der Waals surface area contributed by atoms with Crippen molar-refractivity contribution in [3.8, 4) is 0 Å². The Balaban J connectivity index is 1.46. The molecule has 4 bridgehead atoms. The summed E-state index contributed by atoms with van der Waals surface area (Å²) in [5.74, 6) is 3.30. The fourth-order valence-electron chi connectivity index (χ4n) is 6.07. The highest BCUT2D eigenvalue weighted by Crippen LogP contribution is 2.57. The number of hydrogen-bond acceptors (Lipinski definition) is 2. The third kappa shape index (κ3) is 2.69. The van der Waals surface area contributed by atoms with E-state index in [2.05, 4.69) is 6.08 Å². The van der Waals surface area contributed by atoms with E-state index in [0.29, 0.717) is 29.8 Å². The molecule has 0 radical (unpaired) electrons. The Morgan fingerprint density at radius 1 is 0.923 bits per heavy atom. The smallest absolute Gasteiger partial charge is 0.207 e. The molecule has 4 heteroatoms. The first-order chi connectivity index (χ1) is 12.5. The highest BCUT2D eigenvalue weighted by atomic mass is 32.2. The molecule has 1 heterocycles. The lowest BCUT2D eigenvalue weighted by atomic mass is 9.53. The first-order valence-electron chi connectivity index (χ1n) is 9.97. The van der Waals surface area contributed by atoms with Gasteiger partial charge in [0.15, 0.2) is 0 Å². The second-order valence-corrected chi connectivity index (χ2v) is 10.7. The van der Waals surface area contributed by atoms with Gasteiger partial charge < -0.3 is 0 Å². The fourth-order valence-corrected chi connectivity index (χ4v) is 7.44. The van der Waals surface area contributed by atoms with Crippen molar-refractivity contribution in [1.82, 2.24) is 4.31 Å². The molecule has 0 saturated heterocycles. The first kappa shape index (κ1) is 16.8. The zero-order chi connectivity index (χ0) is 17.9. The number of benzene rings is 1. The van der Waals surface area contributed by atoms with Crippen LogP contribution in [0, 0.1) is 30.6 Å². The van der Waals surface area contributed by atoms with Crippen LogP contribution in [-0.4, -0.2) is 25.8 Å². The summed E-state index contributed by atoms with van der Waals surface area (Å²) in [4.78, 5) is 0.410. The molecule has 0 N–H and O–H groups in total. The normalized spacial score (nSPS) is 33.9. The van der Waals surface area contributed by atoms with E-state index in [9.17, 15) is 8.42 Å². The monoisotopic (exact) mass is 369 g/mol. The molecule has 4 saturated carbocycles. The Morgan fingerprint density at radius 3 is 2.15 bits per heavy atom. The fraction of sp³-hybridized carbons (Fsp3) is 0.545. The molecule has 0 atom stereocenters. The van der Waals surface area contributed by atoms with Gasteiger partial charge in [-0.05, 0) is 80.4 Å². The molecule has 0 spiro atoms. The van der Waals surface area contributed by atoms with E-state index < -0.39 is 10.0 Å². The van der Waals surface area contributed by atoms with E-state index in [4.69, 9.17) is 0 Å². The summed E-state index contributed by atoms with van der Waals surface area (Å²) in [5.41, 5.74) is 3.98. The van der Waals surface area contributed by atoms with Crippen LogP contribution in [0.2, 0.25) is 0 Å². The molecule has 4 fully saturated rings. The van der Waals surface area contributed by atoms with Crippen LogP contribution in [0.25, 0.3) is 0 Å². The van der Waals surface area contributed by atoms with Crippen molar-refractivity contribution in [1.29, 1.82) is 0 Å². The Kier molecular flexibility index (Phi) is 3.91. The minimum absolute atomic E-state index is 0.410. The molecule has 1 aliphatic heterocycles. The van der Waals surface area contributed by atoms with Gasteiger partial charge in [0, 0.05) is 13.1 Å². The Labute approximate surface area is 156 Å². The molecule has 4 aliphatic carbocycles. The van der Waals surface area contributed by atoms with Crippen LogP contribution < -0.4 is 0 Å². The molecule has 3 nitrogen and oxygen atoms in total. The molecule has 138 valence electrons. The van der Waals surface area contributed by atoms with Crippen molar-refractivity contribution in [3.63, 3.8) is 0 Å². The van der Waals surface area contributed by atoms with Gasteiger partial charge in [-0.3, -0.25) is 0 Å². The highest BCUT2D eigenvalue weighted by Gasteiger charge is 2.46. The largest absolute Gasteiger partial charge is 0.243 e. The van der Waals surface area contributed by atoms with Crippen molar-refractivity contribution in [3.05, 3.63) is 53.1 Å². The maximum Gasteiger partial charge on any atom is 0.243 e. The van der Waals surface area contributed by atoms with Crippen LogP contribution in [0.4, 0.5) is 0 Å². The maximum atomic E-state index is 13.1.